The minimum absolute atomic E-state index is 0.0141. The molecule has 2 aromatic rings. The number of carboxylic acid groups (broad SMARTS) is 1. The summed E-state index contributed by atoms with van der Waals surface area (Å²) in [6.07, 6.45) is 1.17. The number of carboxylic acids is 1. The SMILES string of the molecule is Cn1ncnc1NS(=O)(=O)c1scnc1C(=O)O. The average Bonchev–Trinajstić information content (AvgIpc) is 2.88. The first-order valence-corrected chi connectivity index (χ1v) is 6.81. The van der Waals surface area contributed by atoms with Crippen LogP contribution in [0.15, 0.2) is 16.0 Å². The number of thiazole rings is 1. The van der Waals surface area contributed by atoms with Crippen LogP contribution in [-0.4, -0.2) is 39.2 Å². The highest BCUT2D eigenvalue weighted by Crippen LogP contribution is 2.22. The van der Waals surface area contributed by atoms with Crippen LogP contribution in [0.2, 0.25) is 0 Å². The highest BCUT2D eigenvalue weighted by atomic mass is 32.2. The molecule has 18 heavy (non-hydrogen) atoms. The summed E-state index contributed by atoms with van der Waals surface area (Å²) in [6, 6.07) is 0. The van der Waals surface area contributed by atoms with Gasteiger partial charge in [-0.15, -0.1) is 11.3 Å². The minimum Gasteiger partial charge on any atom is -0.476 e. The molecule has 0 amide bonds. The minimum atomic E-state index is -4.04. The Balaban J connectivity index is 2.40. The molecule has 11 heteroatoms. The fourth-order valence-electron chi connectivity index (χ4n) is 1.12. The highest BCUT2D eigenvalue weighted by Gasteiger charge is 2.26. The number of rotatable bonds is 4. The van der Waals surface area contributed by atoms with Gasteiger partial charge in [0.25, 0.3) is 10.0 Å². The van der Waals surface area contributed by atoms with Gasteiger partial charge in [-0.1, -0.05) is 0 Å². The van der Waals surface area contributed by atoms with E-state index in [0.717, 1.165) is 5.51 Å². The Labute approximate surface area is 105 Å². The number of nitrogens with one attached hydrogen (secondary N) is 1. The molecule has 0 unspecified atom stereocenters. The molecule has 0 aliphatic heterocycles. The van der Waals surface area contributed by atoms with E-state index >= 15 is 0 Å². The lowest BCUT2D eigenvalue weighted by Crippen LogP contribution is -2.17. The normalized spacial score (nSPS) is 11.4. The van der Waals surface area contributed by atoms with Gasteiger partial charge in [0.2, 0.25) is 5.95 Å². The Hall–Kier alpha value is -2.01. The molecular formula is C7H7N5O4S2. The van der Waals surface area contributed by atoms with Crippen LogP contribution in [0.3, 0.4) is 0 Å². The van der Waals surface area contributed by atoms with Gasteiger partial charge in [-0.2, -0.15) is 10.1 Å². The number of nitrogens with zero attached hydrogens (tertiary/aromatic N) is 4. The van der Waals surface area contributed by atoms with Crippen LogP contribution in [-0.2, 0) is 17.1 Å². The zero-order valence-electron chi connectivity index (χ0n) is 8.93. The molecule has 0 bridgehead atoms. The molecular weight excluding hydrogens is 282 g/mol. The van der Waals surface area contributed by atoms with E-state index in [1.807, 2.05) is 0 Å². The molecule has 0 aliphatic carbocycles. The molecule has 0 fully saturated rings. The van der Waals surface area contributed by atoms with E-state index in [0.29, 0.717) is 11.3 Å². The first-order chi connectivity index (χ1) is 8.42. The number of anilines is 1. The number of aryl methyl sites for hydroxylation is 1. The van der Waals surface area contributed by atoms with E-state index in [9.17, 15) is 13.2 Å². The second-order valence-electron chi connectivity index (χ2n) is 3.11. The monoisotopic (exact) mass is 289 g/mol. The van der Waals surface area contributed by atoms with Gasteiger partial charge in [-0.25, -0.2) is 27.6 Å². The van der Waals surface area contributed by atoms with Gasteiger partial charge in [0.1, 0.15) is 6.33 Å². The number of sulfonamides is 1. The smallest absolute Gasteiger partial charge is 0.356 e. The number of aromatic nitrogens is 4. The van der Waals surface area contributed by atoms with Gasteiger partial charge in [-0.3, -0.25) is 0 Å². The molecule has 0 saturated heterocycles. The number of hydrogen-bond acceptors (Lipinski definition) is 7. The van der Waals surface area contributed by atoms with Crippen LogP contribution >= 0.6 is 11.3 Å². The van der Waals surface area contributed by atoms with Crippen molar-refractivity contribution < 1.29 is 18.3 Å². The standard InChI is InChI=1S/C7H7N5O4S2/c1-12-7(8-2-10-12)11-18(15,16)6-4(5(13)14)9-3-17-6/h2-3H,1H3,(H,13,14)(H,8,10,11). The second-order valence-corrected chi connectivity index (χ2v) is 5.84. The lowest BCUT2D eigenvalue weighted by Gasteiger charge is -2.04. The molecule has 2 N–H and O–H groups in total. The Morgan fingerprint density at radius 1 is 1.50 bits per heavy atom. The maximum atomic E-state index is 12.0. The third-order valence-corrected chi connectivity index (χ3v) is 4.62. The van der Waals surface area contributed by atoms with Crippen molar-refractivity contribution in [1.82, 2.24) is 19.7 Å². The van der Waals surface area contributed by atoms with E-state index in [2.05, 4.69) is 19.8 Å². The van der Waals surface area contributed by atoms with Crippen LogP contribution in [0.1, 0.15) is 10.5 Å². The summed E-state index contributed by atoms with van der Waals surface area (Å²) in [5, 5.41) is 12.5. The Morgan fingerprint density at radius 2 is 2.22 bits per heavy atom. The van der Waals surface area contributed by atoms with Gasteiger partial charge in [-0.05, 0) is 0 Å². The lowest BCUT2D eigenvalue weighted by atomic mass is 10.5. The van der Waals surface area contributed by atoms with Crippen LogP contribution in [0.4, 0.5) is 5.95 Å². The molecule has 0 aromatic carbocycles. The Bertz CT molecular complexity index is 688. The second kappa shape index (κ2) is 4.34. The molecule has 0 spiro atoms. The van der Waals surface area contributed by atoms with Gasteiger partial charge in [0.05, 0.1) is 5.51 Å². The van der Waals surface area contributed by atoms with Crippen molar-refractivity contribution in [2.75, 3.05) is 4.72 Å². The highest BCUT2D eigenvalue weighted by molar-refractivity contribution is 7.94. The summed E-state index contributed by atoms with van der Waals surface area (Å²) < 4.78 is 26.9. The van der Waals surface area contributed by atoms with Crippen molar-refractivity contribution in [2.45, 2.75) is 4.21 Å². The summed E-state index contributed by atoms with van der Waals surface area (Å²) in [5.41, 5.74) is 0.629. The topological polar surface area (TPSA) is 127 Å². The van der Waals surface area contributed by atoms with Gasteiger partial charge in [0, 0.05) is 7.05 Å². The van der Waals surface area contributed by atoms with Crippen molar-refractivity contribution in [3.63, 3.8) is 0 Å². The molecule has 2 rings (SSSR count). The van der Waals surface area contributed by atoms with Crippen molar-refractivity contribution >= 4 is 33.3 Å². The number of hydrogen-bond donors (Lipinski definition) is 2. The molecule has 0 radical (unpaired) electrons. The maximum Gasteiger partial charge on any atom is 0.356 e. The van der Waals surface area contributed by atoms with Crippen LogP contribution in [0.25, 0.3) is 0 Å². The molecule has 0 saturated carbocycles. The van der Waals surface area contributed by atoms with Crippen molar-refractivity contribution in [3.8, 4) is 0 Å². The summed E-state index contributed by atoms with van der Waals surface area (Å²) in [5.74, 6) is -1.42. The van der Waals surface area contributed by atoms with E-state index < -0.39 is 21.7 Å². The fraction of sp³-hybridized carbons (Fsp3) is 0.143. The third-order valence-electron chi connectivity index (χ3n) is 1.92. The zero-order valence-corrected chi connectivity index (χ0v) is 10.6. The Kier molecular flexibility index (Phi) is 3.00. The van der Waals surface area contributed by atoms with E-state index in [4.69, 9.17) is 5.11 Å². The lowest BCUT2D eigenvalue weighted by molar-refractivity contribution is 0.0687. The zero-order chi connectivity index (χ0) is 13.3. The number of carbonyl (C=O) groups is 1. The largest absolute Gasteiger partial charge is 0.476 e. The van der Waals surface area contributed by atoms with Crippen LogP contribution in [0.5, 0.6) is 0 Å². The Morgan fingerprint density at radius 3 is 2.78 bits per heavy atom. The van der Waals surface area contributed by atoms with E-state index in [1.165, 1.54) is 18.1 Å². The first-order valence-electron chi connectivity index (χ1n) is 4.45. The van der Waals surface area contributed by atoms with Crippen molar-refractivity contribution in [2.24, 2.45) is 7.05 Å². The molecule has 2 aromatic heterocycles. The van der Waals surface area contributed by atoms with Gasteiger partial charge in [0.15, 0.2) is 9.90 Å². The van der Waals surface area contributed by atoms with Crippen molar-refractivity contribution in [3.05, 3.63) is 17.5 Å². The molecule has 0 aliphatic rings. The van der Waals surface area contributed by atoms with Crippen LogP contribution in [0, 0.1) is 0 Å². The quantitative estimate of drug-likeness (QED) is 0.795. The summed E-state index contributed by atoms with van der Waals surface area (Å²) in [4.78, 5) is 18.0. The average molecular weight is 289 g/mol. The third kappa shape index (κ3) is 2.17. The molecule has 9 nitrogen and oxygen atoms in total. The predicted octanol–water partition coefficient (Wildman–Crippen LogP) is -0.229. The van der Waals surface area contributed by atoms with E-state index in [-0.39, 0.29) is 10.2 Å². The maximum absolute atomic E-state index is 12.0. The predicted molar refractivity (Wildman–Crippen MR) is 60.9 cm³/mol. The summed E-state index contributed by atoms with van der Waals surface area (Å²) >= 11 is 0.713. The molecule has 0 atom stereocenters. The van der Waals surface area contributed by atoms with E-state index in [1.54, 1.807) is 0 Å². The molecule has 96 valence electrons. The van der Waals surface area contributed by atoms with Gasteiger partial charge >= 0.3 is 5.97 Å². The summed E-state index contributed by atoms with van der Waals surface area (Å²) in [6.45, 7) is 0. The van der Waals surface area contributed by atoms with Crippen molar-refractivity contribution in [1.29, 1.82) is 0 Å². The molecule has 2 heterocycles. The first kappa shape index (κ1) is 12.4. The summed E-state index contributed by atoms with van der Waals surface area (Å²) in [7, 11) is -2.54. The number of aromatic carboxylic acids is 1. The van der Waals surface area contributed by atoms with Crippen LogP contribution < -0.4 is 4.72 Å². The fourth-order valence-corrected chi connectivity index (χ4v) is 3.30. The van der Waals surface area contributed by atoms with Gasteiger partial charge < -0.3 is 5.11 Å².